The van der Waals surface area contributed by atoms with Crippen molar-refractivity contribution >= 4 is 29.9 Å². The third-order valence-electron chi connectivity index (χ3n) is 3.68. The van der Waals surface area contributed by atoms with Gasteiger partial charge in [-0.15, -0.1) is 24.0 Å². The number of nitrogens with one attached hydrogen (secondary N) is 2. The molecule has 0 radical (unpaired) electrons. The lowest BCUT2D eigenvalue weighted by molar-refractivity contribution is -0.0504. The van der Waals surface area contributed by atoms with E-state index in [9.17, 15) is 8.78 Å². The molecule has 0 aliphatic heterocycles. The summed E-state index contributed by atoms with van der Waals surface area (Å²) in [6, 6.07) is 8.42. The number of rotatable bonds is 10. The lowest BCUT2D eigenvalue weighted by Gasteiger charge is -2.14. The second-order valence-corrected chi connectivity index (χ2v) is 5.70. The van der Waals surface area contributed by atoms with Crippen LogP contribution in [-0.2, 0) is 13.0 Å². The molecule has 6 nitrogen and oxygen atoms in total. The zero-order chi connectivity index (χ0) is 19.5. The molecule has 0 bridgehead atoms. The van der Waals surface area contributed by atoms with Crippen LogP contribution in [0.25, 0.3) is 0 Å². The van der Waals surface area contributed by atoms with Crippen LogP contribution in [0.15, 0.2) is 46.0 Å². The maximum Gasteiger partial charge on any atom is 0.387 e. The van der Waals surface area contributed by atoms with Crippen LogP contribution >= 0.6 is 24.0 Å². The van der Waals surface area contributed by atoms with Crippen LogP contribution in [0.4, 0.5) is 8.78 Å². The quantitative estimate of drug-likeness (QED) is 0.286. The number of furan rings is 1. The Morgan fingerprint density at radius 3 is 2.64 bits per heavy atom. The van der Waals surface area contributed by atoms with Gasteiger partial charge in [-0.2, -0.15) is 8.78 Å². The number of hydrogen-bond acceptors (Lipinski definition) is 4. The highest BCUT2D eigenvalue weighted by Gasteiger charge is 2.11. The number of guanidine groups is 1. The van der Waals surface area contributed by atoms with E-state index in [0.717, 1.165) is 18.7 Å². The van der Waals surface area contributed by atoms with Gasteiger partial charge in [0.1, 0.15) is 17.3 Å². The zero-order valence-corrected chi connectivity index (χ0v) is 18.2. The van der Waals surface area contributed by atoms with Gasteiger partial charge in [0.05, 0.1) is 19.9 Å². The zero-order valence-electron chi connectivity index (χ0n) is 15.9. The van der Waals surface area contributed by atoms with E-state index in [1.54, 1.807) is 18.4 Å². The molecule has 0 amide bonds. The van der Waals surface area contributed by atoms with E-state index in [2.05, 4.69) is 20.4 Å². The molecule has 1 aromatic heterocycles. The highest BCUT2D eigenvalue weighted by molar-refractivity contribution is 14.0. The number of aliphatic imine (C=N–C) groups is 1. The Balaban J connectivity index is 0.00000392. The van der Waals surface area contributed by atoms with E-state index in [0.29, 0.717) is 30.2 Å². The molecule has 2 aromatic rings. The van der Waals surface area contributed by atoms with Crippen molar-refractivity contribution in [3.8, 4) is 11.5 Å². The first kappa shape index (κ1) is 24.0. The lowest BCUT2D eigenvalue weighted by Crippen LogP contribution is -2.38. The fraction of sp³-hybridized carbons (Fsp3) is 0.421. The molecule has 0 unspecified atom stereocenters. The summed E-state index contributed by atoms with van der Waals surface area (Å²) < 4.78 is 40.3. The maximum absolute atomic E-state index is 12.6. The minimum atomic E-state index is -2.90. The van der Waals surface area contributed by atoms with Gasteiger partial charge in [-0.25, -0.2) is 4.99 Å². The molecule has 0 aliphatic carbocycles. The Kier molecular flexibility index (Phi) is 11.3. The summed E-state index contributed by atoms with van der Waals surface area (Å²) in [6.45, 7) is 0.681. The molecule has 1 heterocycles. The van der Waals surface area contributed by atoms with Gasteiger partial charge >= 0.3 is 6.61 Å². The van der Waals surface area contributed by atoms with Crippen molar-refractivity contribution < 1.29 is 22.7 Å². The molecule has 0 spiro atoms. The molecule has 0 saturated heterocycles. The largest absolute Gasteiger partial charge is 0.497 e. The summed E-state index contributed by atoms with van der Waals surface area (Å²) >= 11 is 0. The Bertz CT molecular complexity index is 712. The number of hydrogen-bond donors (Lipinski definition) is 2. The summed E-state index contributed by atoms with van der Waals surface area (Å²) in [7, 11) is 1.51. The SMILES string of the molecule is CCCNC(=NCc1cc(OC)ccc1OC(F)F)NCCc1ccco1.I. The number of benzene rings is 1. The smallest absolute Gasteiger partial charge is 0.387 e. The van der Waals surface area contributed by atoms with Crippen LogP contribution in [-0.4, -0.2) is 32.8 Å². The summed E-state index contributed by atoms with van der Waals surface area (Å²) in [5.41, 5.74) is 0.512. The first-order chi connectivity index (χ1) is 13.1. The highest BCUT2D eigenvalue weighted by atomic mass is 127. The molecule has 9 heteroatoms. The van der Waals surface area contributed by atoms with Crippen molar-refractivity contribution in [2.45, 2.75) is 32.9 Å². The van der Waals surface area contributed by atoms with Crippen molar-refractivity contribution in [1.29, 1.82) is 0 Å². The topological polar surface area (TPSA) is 68.0 Å². The Morgan fingerprint density at radius 1 is 1.21 bits per heavy atom. The van der Waals surface area contributed by atoms with Gasteiger partial charge in [0.15, 0.2) is 5.96 Å². The molecule has 2 N–H and O–H groups in total. The lowest BCUT2D eigenvalue weighted by atomic mass is 10.2. The van der Waals surface area contributed by atoms with Crippen molar-refractivity contribution in [2.75, 3.05) is 20.2 Å². The molecule has 0 saturated carbocycles. The van der Waals surface area contributed by atoms with Gasteiger partial charge < -0.3 is 24.5 Å². The first-order valence-electron chi connectivity index (χ1n) is 8.78. The van der Waals surface area contributed by atoms with E-state index in [4.69, 9.17) is 9.15 Å². The van der Waals surface area contributed by atoms with Crippen molar-refractivity contribution in [2.24, 2.45) is 4.99 Å². The summed E-state index contributed by atoms with van der Waals surface area (Å²) in [5, 5.41) is 6.41. The monoisotopic (exact) mass is 509 g/mol. The number of nitrogens with zero attached hydrogens (tertiary/aromatic N) is 1. The molecular weight excluding hydrogens is 483 g/mol. The number of halogens is 3. The second-order valence-electron chi connectivity index (χ2n) is 5.70. The number of methoxy groups -OCH3 is 1. The molecule has 1 aromatic carbocycles. The molecular formula is C19H26F2IN3O3. The standard InChI is InChI=1S/C19H25F2N3O3.HI/c1-3-9-22-19(23-10-8-15-5-4-11-26-15)24-13-14-12-16(25-2)6-7-17(14)27-18(20)21;/h4-7,11-12,18H,3,8-10,13H2,1-2H3,(H2,22,23,24);1H. The highest BCUT2D eigenvalue weighted by Crippen LogP contribution is 2.26. The van der Waals surface area contributed by atoms with Gasteiger partial charge in [0.2, 0.25) is 0 Å². The van der Waals surface area contributed by atoms with Crippen molar-refractivity contribution in [3.05, 3.63) is 47.9 Å². The van der Waals surface area contributed by atoms with Crippen molar-refractivity contribution in [1.82, 2.24) is 10.6 Å². The molecule has 0 atom stereocenters. The van der Waals surface area contributed by atoms with Gasteiger partial charge in [-0.3, -0.25) is 0 Å². The van der Waals surface area contributed by atoms with E-state index < -0.39 is 6.61 Å². The fourth-order valence-electron chi connectivity index (χ4n) is 2.36. The minimum Gasteiger partial charge on any atom is -0.497 e. The van der Waals surface area contributed by atoms with E-state index in [1.165, 1.54) is 13.2 Å². The molecule has 2 rings (SSSR count). The third-order valence-corrected chi connectivity index (χ3v) is 3.68. The number of ether oxygens (including phenoxy) is 2. The Hall–Kier alpha value is -2.04. The molecule has 0 fully saturated rings. The summed E-state index contributed by atoms with van der Waals surface area (Å²) in [6.07, 6.45) is 3.27. The van der Waals surface area contributed by atoms with Gasteiger partial charge in [-0.05, 0) is 36.8 Å². The van der Waals surface area contributed by atoms with E-state index in [1.807, 2.05) is 19.1 Å². The average Bonchev–Trinajstić information content (AvgIpc) is 3.17. The van der Waals surface area contributed by atoms with E-state index in [-0.39, 0.29) is 36.3 Å². The van der Waals surface area contributed by atoms with Crippen LogP contribution in [0.1, 0.15) is 24.7 Å². The van der Waals surface area contributed by atoms with Crippen LogP contribution < -0.4 is 20.1 Å². The average molecular weight is 509 g/mol. The fourth-order valence-corrected chi connectivity index (χ4v) is 2.36. The molecule has 156 valence electrons. The maximum atomic E-state index is 12.6. The predicted octanol–water partition coefficient (Wildman–Crippen LogP) is 4.20. The molecule has 0 aliphatic rings. The van der Waals surface area contributed by atoms with Gasteiger partial charge in [0, 0.05) is 25.1 Å². The Labute approximate surface area is 180 Å². The number of alkyl halides is 2. The first-order valence-corrected chi connectivity index (χ1v) is 8.78. The van der Waals surface area contributed by atoms with Crippen LogP contribution in [0.3, 0.4) is 0 Å². The van der Waals surface area contributed by atoms with Crippen molar-refractivity contribution in [3.63, 3.8) is 0 Å². The predicted molar refractivity (Wildman–Crippen MR) is 115 cm³/mol. The Morgan fingerprint density at radius 2 is 2.00 bits per heavy atom. The third kappa shape index (κ3) is 8.32. The van der Waals surface area contributed by atoms with Crippen LogP contribution in [0.2, 0.25) is 0 Å². The van der Waals surface area contributed by atoms with Crippen LogP contribution in [0.5, 0.6) is 11.5 Å². The van der Waals surface area contributed by atoms with Crippen LogP contribution in [0, 0.1) is 0 Å². The summed E-state index contributed by atoms with van der Waals surface area (Å²) in [5.74, 6) is 2.10. The van der Waals surface area contributed by atoms with Gasteiger partial charge in [0.25, 0.3) is 0 Å². The molecule has 28 heavy (non-hydrogen) atoms. The minimum absolute atomic E-state index is 0. The normalized spacial score (nSPS) is 11.1. The summed E-state index contributed by atoms with van der Waals surface area (Å²) in [4.78, 5) is 4.48. The van der Waals surface area contributed by atoms with Gasteiger partial charge in [-0.1, -0.05) is 6.92 Å². The van der Waals surface area contributed by atoms with E-state index >= 15 is 0 Å². The second kappa shape index (κ2) is 13.2.